The molecule has 114 valence electrons. The van der Waals surface area contributed by atoms with Gasteiger partial charge in [-0.15, -0.1) is 0 Å². The van der Waals surface area contributed by atoms with Crippen molar-refractivity contribution in [3.63, 3.8) is 0 Å². The molecular weight excluding hydrogens is 292 g/mol. The lowest BCUT2D eigenvalue weighted by molar-refractivity contribution is 0.0632. The fourth-order valence-corrected chi connectivity index (χ4v) is 3.59. The maximum atomic E-state index is 12.6. The first-order chi connectivity index (χ1) is 10.1. The zero-order valence-electron chi connectivity index (χ0n) is 11.8. The average Bonchev–Trinajstić information content (AvgIpc) is 2.53. The summed E-state index contributed by atoms with van der Waals surface area (Å²) in [5.74, 6) is 5.14. The standard InChI is InChI=1S/C14H18N2O4S/c1-16(13-4-7-20-8-5-13)21(18,19)14-9-12(3-2-6-17)10-15-11-14/h9-11,13,17H,4-8H2,1H3. The second-order valence-electron chi connectivity index (χ2n) is 4.73. The minimum absolute atomic E-state index is 0.0593. The molecule has 0 radical (unpaired) electrons. The van der Waals surface area contributed by atoms with Crippen LogP contribution in [0.5, 0.6) is 0 Å². The highest BCUT2D eigenvalue weighted by Crippen LogP contribution is 2.21. The van der Waals surface area contributed by atoms with Gasteiger partial charge < -0.3 is 9.84 Å². The van der Waals surface area contributed by atoms with Gasteiger partial charge in [-0.25, -0.2) is 8.42 Å². The van der Waals surface area contributed by atoms with Crippen LogP contribution in [0.1, 0.15) is 18.4 Å². The van der Waals surface area contributed by atoms with E-state index in [1.165, 1.54) is 22.8 Å². The van der Waals surface area contributed by atoms with E-state index in [0.29, 0.717) is 31.6 Å². The van der Waals surface area contributed by atoms with E-state index >= 15 is 0 Å². The van der Waals surface area contributed by atoms with Gasteiger partial charge in [0.2, 0.25) is 10.0 Å². The van der Waals surface area contributed by atoms with Crippen molar-refractivity contribution in [2.45, 2.75) is 23.8 Å². The van der Waals surface area contributed by atoms with Crippen molar-refractivity contribution < 1.29 is 18.3 Å². The molecule has 0 spiro atoms. The molecule has 0 amide bonds. The molecule has 0 bridgehead atoms. The molecule has 0 aliphatic carbocycles. The third-order valence-electron chi connectivity index (χ3n) is 3.41. The molecule has 1 aromatic heterocycles. The van der Waals surface area contributed by atoms with E-state index in [4.69, 9.17) is 9.84 Å². The van der Waals surface area contributed by atoms with Crippen molar-refractivity contribution in [1.29, 1.82) is 0 Å². The normalized spacial score (nSPS) is 16.5. The molecule has 2 rings (SSSR count). The Labute approximate surface area is 124 Å². The molecule has 7 heteroatoms. The number of nitrogens with zero attached hydrogens (tertiary/aromatic N) is 2. The summed E-state index contributed by atoms with van der Waals surface area (Å²) in [5, 5.41) is 8.68. The highest BCUT2D eigenvalue weighted by molar-refractivity contribution is 7.89. The maximum absolute atomic E-state index is 12.6. The Morgan fingerprint density at radius 3 is 2.81 bits per heavy atom. The molecule has 1 N–H and O–H groups in total. The summed E-state index contributed by atoms with van der Waals surface area (Å²) in [6.45, 7) is 0.870. The molecule has 1 aliphatic rings. The Bertz CT molecular complexity index is 642. The quantitative estimate of drug-likeness (QED) is 0.808. The van der Waals surface area contributed by atoms with Crippen molar-refractivity contribution >= 4 is 10.0 Å². The Balaban J connectivity index is 2.26. The number of rotatable bonds is 3. The molecule has 1 saturated heterocycles. The summed E-state index contributed by atoms with van der Waals surface area (Å²) < 4.78 is 31.9. The molecule has 21 heavy (non-hydrogen) atoms. The van der Waals surface area contributed by atoms with E-state index in [0.717, 1.165) is 0 Å². The second-order valence-corrected chi connectivity index (χ2v) is 6.73. The minimum atomic E-state index is -3.60. The Kier molecular flexibility index (Phi) is 5.31. The highest BCUT2D eigenvalue weighted by atomic mass is 32.2. The number of pyridine rings is 1. The molecule has 2 heterocycles. The second kappa shape index (κ2) is 7.00. The van der Waals surface area contributed by atoms with Gasteiger partial charge in [-0.05, 0) is 18.9 Å². The van der Waals surface area contributed by atoms with Crippen molar-refractivity contribution in [2.24, 2.45) is 0 Å². The zero-order chi connectivity index (χ0) is 15.3. The van der Waals surface area contributed by atoms with E-state index in [2.05, 4.69) is 16.8 Å². The van der Waals surface area contributed by atoms with Gasteiger partial charge in [-0.1, -0.05) is 11.8 Å². The molecule has 1 aliphatic heterocycles. The van der Waals surface area contributed by atoms with Crippen LogP contribution in [-0.2, 0) is 14.8 Å². The van der Waals surface area contributed by atoms with Gasteiger partial charge in [0, 0.05) is 44.3 Å². The minimum Gasteiger partial charge on any atom is -0.384 e. The van der Waals surface area contributed by atoms with Gasteiger partial charge in [0.15, 0.2) is 0 Å². The number of aliphatic hydroxyl groups is 1. The van der Waals surface area contributed by atoms with Crippen LogP contribution < -0.4 is 0 Å². The van der Waals surface area contributed by atoms with Crippen molar-refractivity contribution in [3.05, 3.63) is 24.0 Å². The molecule has 1 aromatic rings. The highest BCUT2D eigenvalue weighted by Gasteiger charge is 2.29. The number of hydrogen-bond acceptors (Lipinski definition) is 5. The number of sulfonamides is 1. The van der Waals surface area contributed by atoms with Crippen molar-refractivity contribution in [1.82, 2.24) is 9.29 Å². The number of ether oxygens (including phenoxy) is 1. The van der Waals surface area contributed by atoms with E-state index in [-0.39, 0.29) is 17.5 Å². The van der Waals surface area contributed by atoms with Crippen molar-refractivity contribution in [2.75, 3.05) is 26.9 Å². The van der Waals surface area contributed by atoms with Gasteiger partial charge in [0.25, 0.3) is 0 Å². The third kappa shape index (κ3) is 3.80. The SMILES string of the molecule is CN(C1CCOCC1)S(=O)(=O)c1cncc(C#CCO)c1. The summed E-state index contributed by atoms with van der Waals surface area (Å²) >= 11 is 0. The predicted molar refractivity (Wildman–Crippen MR) is 77.0 cm³/mol. The van der Waals surface area contributed by atoms with E-state index < -0.39 is 10.0 Å². The lowest BCUT2D eigenvalue weighted by atomic mass is 10.1. The summed E-state index contributed by atoms with van der Waals surface area (Å²) in [7, 11) is -2.02. The number of aliphatic hydroxyl groups excluding tert-OH is 1. The van der Waals surface area contributed by atoms with Crippen LogP contribution in [0.25, 0.3) is 0 Å². The van der Waals surface area contributed by atoms with E-state index in [1.807, 2.05) is 0 Å². The molecule has 0 aromatic carbocycles. The van der Waals surface area contributed by atoms with Gasteiger partial charge in [0.05, 0.1) is 0 Å². The molecule has 0 atom stereocenters. The van der Waals surface area contributed by atoms with Crippen LogP contribution in [0.4, 0.5) is 0 Å². The molecule has 6 nitrogen and oxygen atoms in total. The maximum Gasteiger partial charge on any atom is 0.244 e. The van der Waals surface area contributed by atoms with Crippen LogP contribution >= 0.6 is 0 Å². The lowest BCUT2D eigenvalue weighted by Gasteiger charge is -2.30. The van der Waals surface area contributed by atoms with Crippen LogP contribution in [0.3, 0.4) is 0 Å². The molecule has 0 saturated carbocycles. The van der Waals surface area contributed by atoms with Crippen molar-refractivity contribution in [3.8, 4) is 11.8 Å². The Morgan fingerprint density at radius 2 is 2.14 bits per heavy atom. The number of aromatic nitrogens is 1. The largest absolute Gasteiger partial charge is 0.384 e. The average molecular weight is 310 g/mol. The predicted octanol–water partition coefficient (Wildman–Crippen LogP) is 0.225. The van der Waals surface area contributed by atoms with Crippen LogP contribution in [0.15, 0.2) is 23.4 Å². The van der Waals surface area contributed by atoms with E-state index in [9.17, 15) is 8.42 Å². The van der Waals surface area contributed by atoms with Crippen LogP contribution in [0, 0.1) is 11.8 Å². The Hall–Kier alpha value is -1.46. The summed E-state index contributed by atoms with van der Waals surface area (Å²) in [5.41, 5.74) is 0.463. The van der Waals surface area contributed by atoms with Gasteiger partial charge in [0.1, 0.15) is 11.5 Å². The van der Waals surface area contributed by atoms with Crippen LogP contribution in [0.2, 0.25) is 0 Å². The lowest BCUT2D eigenvalue weighted by Crippen LogP contribution is -2.40. The number of hydrogen-bond donors (Lipinski definition) is 1. The fraction of sp³-hybridized carbons (Fsp3) is 0.500. The Morgan fingerprint density at radius 1 is 1.43 bits per heavy atom. The zero-order valence-corrected chi connectivity index (χ0v) is 12.6. The topological polar surface area (TPSA) is 79.7 Å². The molecular formula is C14H18N2O4S. The van der Waals surface area contributed by atoms with Gasteiger partial charge in [-0.2, -0.15) is 4.31 Å². The molecule has 1 fully saturated rings. The summed E-state index contributed by atoms with van der Waals surface area (Å²) in [6.07, 6.45) is 4.16. The fourth-order valence-electron chi connectivity index (χ4n) is 2.18. The van der Waals surface area contributed by atoms with E-state index in [1.54, 1.807) is 7.05 Å². The monoisotopic (exact) mass is 310 g/mol. The first kappa shape index (κ1) is 15.9. The first-order valence-corrected chi connectivity index (χ1v) is 8.10. The molecule has 0 unspecified atom stereocenters. The van der Waals surface area contributed by atoms with Gasteiger partial charge >= 0.3 is 0 Å². The summed E-state index contributed by atoms with van der Waals surface area (Å²) in [6, 6.07) is 1.41. The summed E-state index contributed by atoms with van der Waals surface area (Å²) in [4.78, 5) is 4.03. The first-order valence-electron chi connectivity index (χ1n) is 6.66. The van der Waals surface area contributed by atoms with Gasteiger partial charge in [-0.3, -0.25) is 4.98 Å². The van der Waals surface area contributed by atoms with Crippen LogP contribution in [-0.4, -0.2) is 55.7 Å². The smallest absolute Gasteiger partial charge is 0.244 e. The third-order valence-corrected chi connectivity index (χ3v) is 5.28.